The maximum Gasteiger partial charge on any atom is 0.236 e. The number of nitrogens with two attached hydrogens (primary N) is 1. The van der Waals surface area contributed by atoms with Crippen LogP contribution >= 0.6 is 0 Å². The highest BCUT2D eigenvalue weighted by atomic mass is 16.5. The molecule has 1 atom stereocenters. The van der Waals surface area contributed by atoms with E-state index in [0.29, 0.717) is 6.54 Å². The molecule has 26 heavy (non-hydrogen) atoms. The highest BCUT2D eigenvalue weighted by Gasteiger charge is 2.42. The number of carbonyl (C=O) groups is 1. The van der Waals surface area contributed by atoms with Gasteiger partial charge in [0.15, 0.2) is 0 Å². The third-order valence-corrected chi connectivity index (χ3v) is 6.47. The number of benzene rings is 1. The average molecular weight is 357 g/mol. The number of rotatable bonds is 3. The number of carbonyl (C=O) groups excluding carboxylic acids is 1. The lowest BCUT2D eigenvalue weighted by Gasteiger charge is -2.34. The number of ether oxygens (including phenoxy) is 1. The molecule has 5 nitrogen and oxygen atoms in total. The molecule has 0 saturated carbocycles. The number of fused-ring (bicyclic) bond motifs is 1. The lowest BCUT2D eigenvalue weighted by atomic mass is 9.80. The smallest absolute Gasteiger partial charge is 0.236 e. The Morgan fingerprint density at radius 1 is 1.19 bits per heavy atom. The minimum Gasteiger partial charge on any atom is -0.381 e. The standard InChI is InChI=1S/C21H31N3O2/c22-12-20(25)24-14-19-4-2-1-3-18(19)11-21(16-24)7-8-23(15-21)13-17-5-9-26-10-6-17/h1-4,17H,5-16,22H2. The minimum atomic E-state index is 0.0731. The molecule has 142 valence electrons. The van der Waals surface area contributed by atoms with Gasteiger partial charge in [-0.15, -0.1) is 0 Å². The van der Waals surface area contributed by atoms with Crippen LogP contribution in [0.25, 0.3) is 0 Å². The van der Waals surface area contributed by atoms with Crippen LogP contribution in [0.1, 0.15) is 30.4 Å². The molecule has 0 aliphatic carbocycles. The summed E-state index contributed by atoms with van der Waals surface area (Å²) in [5, 5.41) is 0. The lowest BCUT2D eigenvalue weighted by Crippen LogP contribution is -2.44. The van der Waals surface area contributed by atoms with Gasteiger partial charge in [-0.2, -0.15) is 0 Å². The second-order valence-corrected chi connectivity index (χ2v) is 8.44. The Kier molecular flexibility index (Phi) is 5.30. The van der Waals surface area contributed by atoms with Crippen molar-refractivity contribution in [3.8, 4) is 0 Å². The Hall–Kier alpha value is -1.43. The summed E-state index contributed by atoms with van der Waals surface area (Å²) in [7, 11) is 0. The summed E-state index contributed by atoms with van der Waals surface area (Å²) in [6.07, 6.45) is 4.61. The predicted octanol–water partition coefficient (Wildman–Crippen LogP) is 1.65. The minimum absolute atomic E-state index is 0.0731. The fourth-order valence-electron chi connectivity index (χ4n) is 5.07. The zero-order chi connectivity index (χ0) is 18.0. The topological polar surface area (TPSA) is 58.8 Å². The van der Waals surface area contributed by atoms with Gasteiger partial charge in [-0.1, -0.05) is 24.3 Å². The van der Waals surface area contributed by atoms with Crippen LogP contribution < -0.4 is 5.73 Å². The Morgan fingerprint density at radius 2 is 1.96 bits per heavy atom. The van der Waals surface area contributed by atoms with Gasteiger partial charge in [-0.3, -0.25) is 4.79 Å². The molecule has 2 fully saturated rings. The van der Waals surface area contributed by atoms with Crippen LogP contribution in [0.5, 0.6) is 0 Å². The summed E-state index contributed by atoms with van der Waals surface area (Å²) in [5.74, 6) is 0.836. The van der Waals surface area contributed by atoms with Gasteiger partial charge in [0.1, 0.15) is 0 Å². The number of nitrogens with zero attached hydrogens (tertiary/aromatic N) is 2. The first kappa shape index (κ1) is 18.0. The van der Waals surface area contributed by atoms with Crippen molar-refractivity contribution in [2.45, 2.75) is 32.2 Å². The monoisotopic (exact) mass is 357 g/mol. The van der Waals surface area contributed by atoms with E-state index >= 15 is 0 Å². The molecule has 3 heterocycles. The molecule has 0 bridgehead atoms. The van der Waals surface area contributed by atoms with Gasteiger partial charge in [0.25, 0.3) is 0 Å². The second kappa shape index (κ2) is 7.67. The first-order valence-electron chi connectivity index (χ1n) is 10.0. The fourth-order valence-corrected chi connectivity index (χ4v) is 5.07. The summed E-state index contributed by atoms with van der Waals surface area (Å²) in [4.78, 5) is 17.1. The first-order valence-corrected chi connectivity index (χ1v) is 10.0. The van der Waals surface area contributed by atoms with Crippen LogP contribution in [0.3, 0.4) is 0 Å². The van der Waals surface area contributed by atoms with Crippen LogP contribution in [0.15, 0.2) is 24.3 Å². The van der Waals surface area contributed by atoms with Crippen molar-refractivity contribution in [2.75, 3.05) is 45.9 Å². The van der Waals surface area contributed by atoms with Crippen molar-refractivity contribution in [1.29, 1.82) is 0 Å². The quantitative estimate of drug-likeness (QED) is 0.894. The summed E-state index contributed by atoms with van der Waals surface area (Å²) < 4.78 is 5.51. The Balaban J connectivity index is 1.51. The van der Waals surface area contributed by atoms with Gasteiger partial charge in [0.2, 0.25) is 5.91 Å². The summed E-state index contributed by atoms with van der Waals surface area (Å²) in [6, 6.07) is 8.62. The van der Waals surface area contributed by atoms with E-state index in [0.717, 1.165) is 45.2 Å². The number of hydrogen-bond donors (Lipinski definition) is 1. The molecule has 1 aromatic carbocycles. The average Bonchev–Trinajstić information content (AvgIpc) is 2.96. The molecule has 2 N–H and O–H groups in total. The molecule has 5 heteroatoms. The number of amides is 1. The third-order valence-electron chi connectivity index (χ3n) is 6.47. The Bertz CT molecular complexity index is 644. The van der Waals surface area contributed by atoms with Crippen LogP contribution in [0, 0.1) is 11.3 Å². The van der Waals surface area contributed by atoms with Crippen LogP contribution in [-0.2, 0) is 22.5 Å². The van der Waals surface area contributed by atoms with Crippen molar-refractivity contribution in [2.24, 2.45) is 17.1 Å². The summed E-state index contributed by atoms with van der Waals surface area (Å²) in [5.41, 5.74) is 8.56. The molecule has 2 saturated heterocycles. The molecule has 4 rings (SSSR count). The lowest BCUT2D eigenvalue weighted by molar-refractivity contribution is -0.131. The van der Waals surface area contributed by atoms with E-state index in [1.54, 1.807) is 0 Å². The van der Waals surface area contributed by atoms with Gasteiger partial charge < -0.3 is 20.3 Å². The highest BCUT2D eigenvalue weighted by molar-refractivity contribution is 5.78. The van der Waals surface area contributed by atoms with E-state index in [4.69, 9.17) is 10.5 Å². The van der Waals surface area contributed by atoms with Crippen LogP contribution in [-0.4, -0.2) is 61.6 Å². The second-order valence-electron chi connectivity index (χ2n) is 8.44. The van der Waals surface area contributed by atoms with E-state index < -0.39 is 0 Å². The van der Waals surface area contributed by atoms with Gasteiger partial charge >= 0.3 is 0 Å². The molecular weight excluding hydrogens is 326 g/mol. The largest absolute Gasteiger partial charge is 0.381 e. The zero-order valence-corrected chi connectivity index (χ0v) is 15.7. The molecule has 3 aliphatic rings. The van der Waals surface area contributed by atoms with Gasteiger partial charge in [-0.05, 0) is 49.3 Å². The highest BCUT2D eigenvalue weighted by Crippen LogP contribution is 2.39. The zero-order valence-electron chi connectivity index (χ0n) is 15.7. The summed E-state index contributed by atoms with van der Waals surface area (Å²) >= 11 is 0. The normalized spacial score (nSPS) is 27.5. The number of likely N-dealkylation sites (tertiary alicyclic amines) is 1. The van der Waals surface area contributed by atoms with Crippen LogP contribution in [0.2, 0.25) is 0 Å². The molecular formula is C21H31N3O2. The van der Waals surface area contributed by atoms with E-state index in [1.165, 1.54) is 36.9 Å². The SMILES string of the molecule is NCC(=O)N1Cc2ccccc2CC2(CCN(CC3CCOCC3)C2)C1. The van der Waals surface area contributed by atoms with Crippen molar-refractivity contribution in [1.82, 2.24) is 9.80 Å². The van der Waals surface area contributed by atoms with Crippen molar-refractivity contribution in [3.63, 3.8) is 0 Å². The van der Waals surface area contributed by atoms with Gasteiger partial charge in [-0.25, -0.2) is 0 Å². The van der Waals surface area contributed by atoms with E-state index in [-0.39, 0.29) is 17.9 Å². The first-order chi connectivity index (χ1) is 12.7. The van der Waals surface area contributed by atoms with Gasteiger partial charge in [0.05, 0.1) is 6.54 Å². The van der Waals surface area contributed by atoms with E-state index in [2.05, 4.69) is 29.2 Å². The van der Waals surface area contributed by atoms with Crippen molar-refractivity contribution < 1.29 is 9.53 Å². The van der Waals surface area contributed by atoms with E-state index in [9.17, 15) is 4.79 Å². The Labute approximate surface area is 156 Å². The molecule has 1 amide bonds. The third kappa shape index (κ3) is 3.80. The molecule has 3 aliphatic heterocycles. The molecule has 1 spiro atoms. The molecule has 1 unspecified atom stereocenters. The predicted molar refractivity (Wildman–Crippen MR) is 102 cm³/mol. The summed E-state index contributed by atoms with van der Waals surface area (Å²) in [6.45, 7) is 6.88. The van der Waals surface area contributed by atoms with Crippen molar-refractivity contribution in [3.05, 3.63) is 35.4 Å². The Morgan fingerprint density at radius 3 is 2.73 bits per heavy atom. The van der Waals surface area contributed by atoms with E-state index in [1.807, 2.05) is 4.90 Å². The van der Waals surface area contributed by atoms with Gasteiger partial charge in [0, 0.05) is 44.8 Å². The van der Waals surface area contributed by atoms with Crippen molar-refractivity contribution >= 4 is 5.91 Å². The number of hydrogen-bond acceptors (Lipinski definition) is 4. The molecule has 1 aromatic rings. The molecule has 0 aromatic heterocycles. The fraction of sp³-hybridized carbons (Fsp3) is 0.667. The molecule has 0 radical (unpaired) electrons. The maximum atomic E-state index is 12.4. The maximum absolute atomic E-state index is 12.4. The van der Waals surface area contributed by atoms with Crippen LogP contribution in [0.4, 0.5) is 0 Å².